The predicted molar refractivity (Wildman–Crippen MR) is 49.8 cm³/mol. The Labute approximate surface area is 80.4 Å². The van der Waals surface area contributed by atoms with Crippen LogP contribution in [-0.4, -0.2) is 22.1 Å². The van der Waals surface area contributed by atoms with Gasteiger partial charge >= 0.3 is 0 Å². The second-order valence-corrected chi connectivity index (χ2v) is 2.73. The first-order chi connectivity index (χ1) is 6.85. The topological polar surface area (TPSA) is 74.6 Å². The number of pyridine rings is 1. The van der Waals surface area contributed by atoms with E-state index in [0.29, 0.717) is 11.7 Å². The Morgan fingerprint density at radius 1 is 1.64 bits per heavy atom. The van der Waals surface area contributed by atoms with Gasteiger partial charge in [-0.1, -0.05) is 0 Å². The first-order valence-electron chi connectivity index (χ1n) is 4.09. The van der Waals surface area contributed by atoms with Crippen molar-refractivity contribution < 1.29 is 4.74 Å². The summed E-state index contributed by atoms with van der Waals surface area (Å²) in [7, 11) is 1.55. The van der Waals surface area contributed by atoms with Crippen LogP contribution in [0, 0.1) is 11.3 Å². The number of H-pyrrole nitrogens is 1. The Hall–Kier alpha value is -2.09. The van der Waals surface area contributed by atoms with E-state index in [1.54, 1.807) is 19.4 Å². The summed E-state index contributed by atoms with van der Waals surface area (Å²) >= 11 is 0. The van der Waals surface area contributed by atoms with E-state index in [-0.39, 0.29) is 6.42 Å². The van der Waals surface area contributed by atoms with Gasteiger partial charge in [0.2, 0.25) is 5.88 Å². The molecular weight excluding hydrogens is 180 g/mol. The van der Waals surface area contributed by atoms with Gasteiger partial charge in [0.05, 0.1) is 25.1 Å². The van der Waals surface area contributed by atoms with Crippen LogP contribution >= 0.6 is 0 Å². The Morgan fingerprint density at radius 2 is 2.50 bits per heavy atom. The summed E-state index contributed by atoms with van der Waals surface area (Å²) in [5, 5.41) is 8.51. The Balaban J connectivity index is 2.59. The van der Waals surface area contributed by atoms with E-state index in [0.717, 1.165) is 11.0 Å². The monoisotopic (exact) mass is 188 g/mol. The molecule has 0 amide bonds. The molecule has 0 saturated carbocycles. The number of aromatic nitrogens is 3. The molecular formula is C9H8N4O. The molecule has 70 valence electrons. The number of aromatic amines is 1. The molecule has 0 aliphatic heterocycles. The number of nitrogens with one attached hydrogen (secondary N) is 1. The molecule has 5 heteroatoms. The fourth-order valence-corrected chi connectivity index (χ4v) is 1.27. The molecule has 0 fully saturated rings. The van der Waals surface area contributed by atoms with Gasteiger partial charge < -0.3 is 9.72 Å². The van der Waals surface area contributed by atoms with Gasteiger partial charge in [0.1, 0.15) is 11.3 Å². The standard InChI is InChI=1S/C9H8N4O/c1-14-9-8-6(3-5-11-9)12-7(13-8)2-4-10/h3,5H,2H2,1H3,(H,12,13). The van der Waals surface area contributed by atoms with Crippen molar-refractivity contribution in [1.82, 2.24) is 15.0 Å². The first kappa shape index (κ1) is 8.51. The highest BCUT2D eigenvalue weighted by atomic mass is 16.5. The minimum atomic E-state index is 0.262. The largest absolute Gasteiger partial charge is 0.479 e. The summed E-state index contributed by atoms with van der Waals surface area (Å²) in [6, 6.07) is 3.80. The number of hydrogen-bond acceptors (Lipinski definition) is 4. The van der Waals surface area contributed by atoms with Crippen molar-refractivity contribution in [1.29, 1.82) is 5.26 Å². The van der Waals surface area contributed by atoms with Crippen LogP contribution in [0.15, 0.2) is 12.3 Å². The predicted octanol–water partition coefficient (Wildman–Crippen LogP) is 1.03. The number of methoxy groups -OCH3 is 1. The first-order valence-corrected chi connectivity index (χ1v) is 4.09. The molecule has 0 radical (unpaired) electrons. The Bertz CT molecular complexity index is 497. The summed E-state index contributed by atoms with van der Waals surface area (Å²) in [5.74, 6) is 1.13. The lowest BCUT2D eigenvalue weighted by Crippen LogP contribution is -1.87. The van der Waals surface area contributed by atoms with Gasteiger partial charge in [-0.15, -0.1) is 0 Å². The van der Waals surface area contributed by atoms with E-state index in [1.807, 2.05) is 6.07 Å². The molecule has 0 unspecified atom stereocenters. The average Bonchev–Trinajstić information content (AvgIpc) is 2.60. The molecule has 0 spiro atoms. The summed E-state index contributed by atoms with van der Waals surface area (Å²) in [6.45, 7) is 0. The maximum absolute atomic E-state index is 8.51. The van der Waals surface area contributed by atoms with Gasteiger partial charge in [0, 0.05) is 6.20 Å². The molecule has 14 heavy (non-hydrogen) atoms. The lowest BCUT2D eigenvalue weighted by atomic mass is 10.4. The molecule has 0 saturated heterocycles. The van der Waals surface area contributed by atoms with Crippen LogP contribution < -0.4 is 4.74 Å². The van der Waals surface area contributed by atoms with Gasteiger partial charge in [-0.25, -0.2) is 9.97 Å². The number of imidazole rings is 1. The minimum Gasteiger partial charge on any atom is -0.479 e. The lowest BCUT2D eigenvalue weighted by molar-refractivity contribution is 0.402. The van der Waals surface area contributed by atoms with Crippen LogP contribution in [0.3, 0.4) is 0 Å². The molecule has 5 nitrogen and oxygen atoms in total. The van der Waals surface area contributed by atoms with E-state index in [2.05, 4.69) is 15.0 Å². The third-order valence-electron chi connectivity index (χ3n) is 1.86. The zero-order valence-electron chi connectivity index (χ0n) is 7.61. The maximum atomic E-state index is 8.51. The summed E-state index contributed by atoms with van der Waals surface area (Å²) in [4.78, 5) is 11.2. The second-order valence-electron chi connectivity index (χ2n) is 2.73. The van der Waals surface area contributed by atoms with Crippen molar-refractivity contribution in [2.75, 3.05) is 7.11 Å². The van der Waals surface area contributed by atoms with Crippen molar-refractivity contribution in [3.8, 4) is 11.9 Å². The highest BCUT2D eigenvalue weighted by Gasteiger charge is 2.07. The molecule has 0 bridgehead atoms. The Morgan fingerprint density at radius 3 is 3.21 bits per heavy atom. The second kappa shape index (κ2) is 3.34. The van der Waals surface area contributed by atoms with Crippen molar-refractivity contribution in [3.05, 3.63) is 18.1 Å². The minimum absolute atomic E-state index is 0.262. The number of nitriles is 1. The molecule has 2 aromatic rings. The van der Waals surface area contributed by atoms with Crippen molar-refractivity contribution >= 4 is 11.0 Å². The van der Waals surface area contributed by atoms with E-state index < -0.39 is 0 Å². The lowest BCUT2D eigenvalue weighted by Gasteiger charge is -1.96. The molecule has 0 aromatic carbocycles. The third kappa shape index (κ3) is 1.27. The van der Waals surface area contributed by atoms with E-state index >= 15 is 0 Å². The number of fused-ring (bicyclic) bond motifs is 1. The molecule has 2 heterocycles. The van der Waals surface area contributed by atoms with Gasteiger partial charge in [0.15, 0.2) is 0 Å². The van der Waals surface area contributed by atoms with Gasteiger partial charge in [-0.3, -0.25) is 0 Å². The number of rotatable bonds is 2. The quantitative estimate of drug-likeness (QED) is 0.763. The highest BCUT2D eigenvalue weighted by molar-refractivity contribution is 5.79. The smallest absolute Gasteiger partial charge is 0.239 e. The maximum Gasteiger partial charge on any atom is 0.239 e. The van der Waals surface area contributed by atoms with Gasteiger partial charge in [0.25, 0.3) is 0 Å². The summed E-state index contributed by atoms with van der Waals surface area (Å²) in [6.07, 6.45) is 1.88. The van der Waals surface area contributed by atoms with Gasteiger partial charge in [-0.2, -0.15) is 5.26 Å². The fraction of sp³-hybridized carbons (Fsp3) is 0.222. The number of ether oxygens (including phenoxy) is 1. The average molecular weight is 188 g/mol. The van der Waals surface area contributed by atoms with Crippen LogP contribution in [0.4, 0.5) is 0 Å². The molecule has 2 aromatic heterocycles. The summed E-state index contributed by atoms with van der Waals surface area (Å²) < 4.78 is 5.05. The fourth-order valence-electron chi connectivity index (χ4n) is 1.27. The highest BCUT2D eigenvalue weighted by Crippen LogP contribution is 2.19. The van der Waals surface area contributed by atoms with Gasteiger partial charge in [-0.05, 0) is 6.07 Å². The molecule has 0 aliphatic carbocycles. The van der Waals surface area contributed by atoms with Crippen LogP contribution in [0.5, 0.6) is 5.88 Å². The van der Waals surface area contributed by atoms with Crippen LogP contribution in [0.2, 0.25) is 0 Å². The zero-order valence-corrected chi connectivity index (χ0v) is 7.61. The van der Waals surface area contributed by atoms with E-state index in [4.69, 9.17) is 10.00 Å². The number of nitrogens with zero attached hydrogens (tertiary/aromatic N) is 3. The van der Waals surface area contributed by atoms with Crippen LogP contribution in [0.1, 0.15) is 5.82 Å². The molecule has 1 N–H and O–H groups in total. The Kier molecular flexibility index (Phi) is 2.03. The zero-order chi connectivity index (χ0) is 9.97. The van der Waals surface area contributed by atoms with Crippen LogP contribution in [0.25, 0.3) is 11.0 Å². The van der Waals surface area contributed by atoms with Crippen molar-refractivity contribution in [2.45, 2.75) is 6.42 Å². The number of hydrogen-bond donors (Lipinski definition) is 1. The van der Waals surface area contributed by atoms with Crippen molar-refractivity contribution in [2.24, 2.45) is 0 Å². The normalized spacial score (nSPS) is 10.0. The van der Waals surface area contributed by atoms with E-state index in [1.165, 1.54) is 0 Å². The molecule has 2 rings (SSSR count). The third-order valence-corrected chi connectivity index (χ3v) is 1.86. The van der Waals surface area contributed by atoms with Crippen LogP contribution in [-0.2, 0) is 6.42 Å². The van der Waals surface area contributed by atoms with E-state index in [9.17, 15) is 0 Å². The SMILES string of the molecule is COc1nccc2nc(CC#N)[nH]c12. The summed E-state index contributed by atoms with van der Waals surface area (Å²) in [5.41, 5.74) is 1.50. The molecule has 0 aliphatic rings. The van der Waals surface area contributed by atoms with Crippen molar-refractivity contribution in [3.63, 3.8) is 0 Å². The molecule has 0 atom stereocenters.